The number of carbonyl (C=O) groups excluding carboxylic acids is 1. The van der Waals surface area contributed by atoms with Crippen LogP contribution in [0.3, 0.4) is 0 Å². The van der Waals surface area contributed by atoms with E-state index >= 15 is 0 Å². The number of halogens is 1. The van der Waals surface area contributed by atoms with Crippen molar-refractivity contribution in [2.75, 3.05) is 5.32 Å². The first-order valence-corrected chi connectivity index (χ1v) is 6.08. The molecule has 1 heterocycles. The summed E-state index contributed by atoms with van der Waals surface area (Å²) in [6, 6.07) is 7.32. The van der Waals surface area contributed by atoms with Crippen LogP contribution in [0.1, 0.15) is 15.9 Å². The Morgan fingerprint density at radius 2 is 2.19 bits per heavy atom. The van der Waals surface area contributed by atoms with Gasteiger partial charge in [-0.25, -0.2) is 0 Å². The lowest BCUT2D eigenvalue weighted by atomic mass is 10.2. The number of hydrogen-bond donors (Lipinski definition) is 1. The highest BCUT2D eigenvalue weighted by Crippen LogP contribution is 2.23. The second-order valence-electron chi connectivity index (χ2n) is 3.45. The number of hydrogen-bond acceptors (Lipinski definition) is 2. The number of rotatable bonds is 2. The SMILES string of the molecule is Cc1ccc(NC(=O)c2ccsc2)c(Cl)c1. The summed E-state index contributed by atoms with van der Waals surface area (Å²) in [7, 11) is 0. The molecule has 1 amide bonds. The van der Waals surface area contributed by atoms with Crippen LogP contribution in [-0.2, 0) is 0 Å². The second kappa shape index (κ2) is 4.68. The van der Waals surface area contributed by atoms with Crippen molar-refractivity contribution in [1.82, 2.24) is 0 Å². The molecule has 0 aliphatic heterocycles. The van der Waals surface area contributed by atoms with Crippen LogP contribution in [0, 0.1) is 6.92 Å². The molecule has 82 valence electrons. The molecule has 4 heteroatoms. The van der Waals surface area contributed by atoms with Gasteiger partial charge in [-0.1, -0.05) is 17.7 Å². The lowest BCUT2D eigenvalue weighted by Gasteiger charge is -2.06. The van der Waals surface area contributed by atoms with Crippen LogP contribution < -0.4 is 5.32 Å². The number of anilines is 1. The summed E-state index contributed by atoms with van der Waals surface area (Å²) >= 11 is 7.51. The van der Waals surface area contributed by atoms with E-state index in [1.54, 1.807) is 11.4 Å². The summed E-state index contributed by atoms with van der Waals surface area (Å²) in [4.78, 5) is 11.7. The first-order valence-electron chi connectivity index (χ1n) is 4.76. The highest BCUT2D eigenvalue weighted by Gasteiger charge is 2.08. The van der Waals surface area contributed by atoms with E-state index in [-0.39, 0.29) is 5.91 Å². The molecule has 1 N–H and O–H groups in total. The van der Waals surface area contributed by atoms with Crippen molar-refractivity contribution in [1.29, 1.82) is 0 Å². The fourth-order valence-corrected chi connectivity index (χ4v) is 2.23. The van der Waals surface area contributed by atoms with Crippen LogP contribution in [0.5, 0.6) is 0 Å². The third kappa shape index (κ3) is 2.43. The zero-order valence-electron chi connectivity index (χ0n) is 8.66. The van der Waals surface area contributed by atoms with Gasteiger partial charge in [0.2, 0.25) is 0 Å². The third-order valence-electron chi connectivity index (χ3n) is 2.16. The van der Waals surface area contributed by atoms with E-state index in [1.165, 1.54) is 11.3 Å². The van der Waals surface area contributed by atoms with Gasteiger partial charge in [0.25, 0.3) is 5.91 Å². The average Bonchev–Trinajstić information content (AvgIpc) is 2.75. The number of carbonyl (C=O) groups is 1. The Labute approximate surface area is 103 Å². The van der Waals surface area contributed by atoms with Gasteiger partial charge in [-0.15, -0.1) is 0 Å². The van der Waals surface area contributed by atoms with Crippen molar-refractivity contribution >= 4 is 34.5 Å². The molecule has 2 nitrogen and oxygen atoms in total. The summed E-state index contributed by atoms with van der Waals surface area (Å²) in [6.45, 7) is 1.95. The zero-order chi connectivity index (χ0) is 11.5. The minimum Gasteiger partial charge on any atom is -0.321 e. The summed E-state index contributed by atoms with van der Waals surface area (Å²) in [6.07, 6.45) is 0. The largest absolute Gasteiger partial charge is 0.321 e. The van der Waals surface area contributed by atoms with Crippen molar-refractivity contribution < 1.29 is 4.79 Å². The summed E-state index contributed by atoms with van der Waals surface area (Å²) in [5.41, 5.74) is 2.36. The molecule has 0 fully saturated rings. The number of thiophene rings is 1. The van der Waals surface area contributed by atoms with Crippen LogP contribution in [0.4, 0.5) is 5.69 Å². The first-order chi connectivity index (χ1) is 7.66. The highest BCUT2D eigenvalue weighted by atomic mass is 35.5. The Morgan fingerprint density at radius 3 is 2.81 bits per heavy atom. The molecule has 0 spiro atoms. The topological polar surface area (TPSA) is 29.1 Å². The molecule has 2 rings (SSSR count). The molecule has 0 aliphatic rings. The molecule has 1 aromatic carbocycles. The Morgan fingerprint density at radius 1 is 1.38 bits per heavy atom. The molecule has 0 saturated carbocycles. The molecule has 0 bridgehead atoms. The van der Waals surface area contributed by atoms with Crippen molar-refractivity contribution in [2.24, 2.45) is 0 Å². The van der Waals surface area contributed by atoms with E-state index in [1.807, 2.05) is 30.5 Å². The van der Waals surface area contributed by atoms with Crippen molar-refractivity contribution in [3.05, 3.63) is 51.2 Å². The minimum absolute atomic E-state index is 0.132. The summed E-state index contributed by atoms with van der Waals surface area (Å²) < 4.78 is 0. The second-order valence-corrected chi connectivity index (χ2v) is 4.64. The van der Waals surface area contributed by atoms with Crippen LogP contribution >= 0.6 is 22.9 Å². The monoisotopic (exact) mass is 251 g/mol. The molecule has 0 aliphatic carbocycles. The van der Waals surface area contributed by atoms with Gasteiger partial charge in [0.1, 0.15) is 0 Å². The Hall–Kier alpha value is -1.32. The Bertz CT molecular complexity index is 508. The molecule has 0 atom stereocenters. The van der Waals surface area contributed by atoms with Crippen molar-refractivity contribution in [2.45, 2.75) is 6.92 Å². The van der Waals surface area contributed by atoms with Gasteiger partial charge in [-0.2, -0.15) is 11.3 Å². The van der Waals surface area contributed by atoms with Gasteiger partial charge in [-0.3, -0.25) is 4.79 Å². The van der Waals surface area contributed by atoms with E-state index < -0.39 is 0 Å². The smallest absolute Gasteiger partial charge is 0.256 e. The summed E-state index contributed by atoms with van der Waals surface area (Å²) in [5.74, 6) is -0.132. The maximum atomic E-state index is 11.7. The molecule has 0 unspecified atom stereocenters. The maximum absolute atomic E-state index is 11.7. The quantitative estimate of drug-likeness (QED) is 0.860. The predicted molar refractivity (Wildman–Crippen MR) is 68.5 cm³/mol. The standard InChI is InChI=1S/C12H10ClNOS/c1-8-2-3-11(10(13)6-8)14-12(15)9-4-5-16-7-9/h2-7H,1H3,(H,14,15). The van der Waals surface area contributed by atoms with Gasteiger partial charge >= 0.3 is 0 Å². The van der Waals surface area contributed by atoms with Gasteiger partial charge in [0.15, 0.2) is 0 Å². The molecule has 0 radical (unpaired) electrons. The fourth-order valence-electron chi connectivity index (χ4n) is 1.31. The van der Waals surface area contributed by atoms with Gasteiger partial charge in [0.05, 0.1) is 16.3 Å². The first kappa shape index (κ1) is 11.2. The Kier molecular flexibility index (Phi) is 3.27. The fraction of sp³-hybridized carbons (Fsp3) is 0.0833. The maximum Gasteiger partial charge on any atom is 0.256 e. The Balaban J connectivity index is 2.18. The van der Waals surface area contributed by atoms with Crippen LogP contribution in [0.2, 0.25) is 5.02 Å². The van der Waals surface area contributed by atoms with Crippen molar-refractivity contribution in [3.8, 4) is 0 Å². The minimum atomic E-state index is -0.132. The molecular weight excluding hydrogens is 242 g/mol. The van der Waals surface area contributed by atoms with Gasteiger partial charge < -0.3 is 5.32 Å². The highest BCUT2D eigenvalue weighted by molar-refractivity contribution is 7.08. The molecule has 1 aromatic heterocycles. The molecule has 16 heavy (non-hydrogen) atoms. The van der Waals surface area contributed by atoms with Crippen LogP contribution in [0.15, 0.2) is 35.0 Å². The normalized spacial score (nSPS) is 10.1. The third-order valence-corrected chi connectivity index (χ3v) is 3.15. The number of benzene rings is 1. The van der Waals surface area contributed by atoms with Gasteiger partial charge in [-0.05, 0) is 36.1 Å². The van der Waals surface area contributed by atoms with Gasteiger partial charge in [0, 0.05) is 5.38 Å². The average molecular weight is 252 g/mol. The number of aryl methyl sites for hydroxylation is 1. The van der Waals surface area contributed by atoms with Crippen LogP contribution in [-0.4, -0.2) is 5.91 Å². The van der Waals surface area contributed by atoms with E-state index in [0.717, 1.165) is 5.56 Å². The number of amides is 1. The lowest BCUT2D eigenvalue weighted by Crippen LogP contribution is -2.11. The molecule has 2 aromatic rings. The molecule has 0 saturated heterocycles. The van der Waals surface area contributed by atoms with Crippen LogP contribution in [0.25, 0.3) is 0 Å². The van der Waals surface area contributed by atoms with Crippen molar-refractivity contribution in [3.63, 3.8) is 0 Å². The van der Waals surface area contributed by atoms with E-state index in [4.69, 9.17) is 11.6 Å². The lowest BCUT2D eigenvalue weighted by molar-refractivity contribution is 0.102. The molecular formula is C12H10ClNOS. The number of nitrogens with one attached hydrogen (secondary N) is 1. The predicted octanol–water partition coefficient (Wildman–Crippen LogP) is 3.96. The van der Waals surface area contributed by atoms with E-state index in [0.29, 0.717) is 16.3 Å². The zero-order valence-corrected chi connectivity index (χ0v) is 10.2. The van der Waals surface area contributed by atoms with E-state index in [2.05, 4.69) is 5.32 Å². The van der Waals surface area contributed by atoms with E-state index in [9.17, 15) is 4.79 Å². The summed E-state index contributed by atoms with van der Waals surface area (Å²) in [5, 5.41) is 7.00.